The van der Waals surface area contributed by atoms with Crippen molar-refractivity contribution in [1.82, 2.24) is 4.90 Å². The van der Waals surface area contributed by atoms with Gasteiger partial charge in [0.2, 0.25) is 0 Å². The van der Waals surface area contributed by atoms with Crippen molar-refractivity contribution in [1.29, 1.82) is 0 Å². The second-order valence-electron chi connectivity index (χ2n) is 4.72. The van der Waals surface area contributed by atoms with E-state index in [-0.39, 0.29) is 11.9 Å². The standard InChI is InChI=1S/C13H19FN2/c1-10-4-5-11(7-13(10)14)8-16-6-2-3-12(15)9-16/h4-5,7,12H,2-3,6,8-9,15H2,1H3. The van der Waals surface area contributed by atoms with E-state index in [1.807, 2.05) is 12.1 Å². The lowest BCUT2D eigenvalue weighted by Gasteiger charge is -2.30. The minimum Gasteiger partial charge on any atom is -0.327 e. The van der Waals surface area contributed by atoms with Gasteiger partial charge >= 0.3 is 0 Å². The molecular weight excluding hydrogens is 203 g/mol. The van der Waals surface area contributed by atoms with Crippen LogP contribution in [0.15, 0.2) is 18.2 Å². The van der Waals surface area contributed by atoms with Crippen LogP contribution in [0.4, 0.5) is 4.39 Å². The third-order valence-electron chi connectivity index (χ3n) is 3.18. The Morgan fingerprint density at radius 1 is 1.50 bits per heavy atom. The Bertz CT molecular complexity index is 365. The quantitative estimate of drug-likeness (QED) is 0.830. The fourth-order valence-corrected chi connectivity index (χ4v) is 2.23. The first-order chi connectivity index (χ1) is 7.65. The van der Waals surface area contributed by atoms with E-state index < -0.39 is 0 Å². The van der Waals surface area contributed by atoms with E-state index in [0.29, 0.717) is 5.56 Å². The average molecular weight is 222 g/mol. The van der Waals surface area contributed by atoms with Gasteiger partial charge < -0.3 is 5.73 Å². The molecule has 2 nitrogen and oxygen atoms in total. The largest absolute Gasteiger partial charge is 0.327 e. The van der Waals surface area contributed by atoms with E-state index in [2.05, 4.69) is 4.90 Å². The second-order valence-corrected chi connectivity index (χ2v) is 4.72. The van der Waals surface area contributed by atoms with Gasteiger partial charge in [-0.1, -0.05) is 12.1 Å². The summed E-state index contributed by atoms with van der Waals surface area (Å²) in [5.74, 6) is -0.112. The van der Waals surface area contributed by atoms with Crippen molar-refractivity contribution in [3.8, 4) is 0 Å². The van der Waals surface area contributed by atoms with Crippen molar-refractivity contribution < 1.29 is 4.39 Å². The third-order valence-corrected chi connectivity index (χ3v) is 3.18. The highest BCUT2D eigenvalue weighted by atomic mass is 19.1. The number of nitrogens with two attached hydrogens (primary N) is 1. The number of halogens is 1. The summed E-state index contributed by atoms with van der Waals surface area (Å²) in [6.07, 6.45) is 2.26. The lowest BCUT2D eigenvalue weighted by atomic mass is 10.1. The smallest absolute Gasteiger partial charge is 0.126 e. The average Bonchev–Trinajstić information content (AvgIpc) is 2.24. The molecule has 1 unspecified atom stereocenters. The van der Waals surface area contributed by atoms with Crippen LogP contribution >= 0.6 is 0 Å². The molecule has 0 amide bonds. The molecule has 0 spiro atoms. The molecule has 1 aromatic rings. The summed E-state index contributed by atoms with van der Waals surface area (Å²) in [5, 5.41) is 0. The Morgan fingerprint density at radius 3 is 3.00 bits per heavy atom. The number of hydrogen-bond acceptors (Lipinski definition) is 2. The van der Waals surface area contributed by atoms with Crippen molar-refractivity contribution in [2.24, 2.45) is 5.73 Å². The van der Waals surface area contributed by atoms with Crippen LogP contribution in [0, 0.1) is 12.7 Å². The van der Waals surface area contributed by atoms with Gasteiger partial charge in [0.05, 0.1) is 0 Å². The molecule has 1 saturated heterocycles. The van der Waals surface area contributed by atoms with Crippen LogP contribution in [0.1, 0.15) is 24.0 Å². The number of aryl methyl sites for hydroxylation is 1. The summed E-state index contributed by atoms with van der Waals surface area (Å²) in [5.41, 5.74) is 7.66. The van der Waals surface area contributed by atoms with Crippen LogP contribution in [0.2, 0.25) is 0 Å². The number of nitrogens with zero attached hydrogens (tertiary/aromatic N) is 1. The Morgan fingerprint density at radius 2 is 2.31 bits per heavy atom. The molecule has 1 fully saturated rings. The van der Waals surface area contributed by atoms with Crippen LogP contribution in [-0.2, 0) is 6.54 Å². The van der Waals surface area contributed by atoms with E-state index in [4.69, 9.17) is 5.73 Å². The Hall–Kier alpha value is -0.930. The molecule has 1 aromatic carbocycles. The van der Waals surface area contributed by atoms with Gasteiger partial charge in [-0.25, -0.2) is 4.39 Å². The van der Waals surface area contributed by atoms with Crippen molar-refractivity contribution in [3.63, 3.8) is 0 Å². The highest BCUT2D eigenvalue weighted by Crippen LogP contribution is 2.15. The molecule has 0 aromatic heterocycles. The van der Waals surface area contributed by atoms with Gasteiger partial charge in [-0.05, 0) is 43.5 Å². The molecule has 1 aliphatic rings. The first-order valence-electron chi connectivity index (χ1n) is 5.88. The normalized spacial score (nSPS) is 22.3. The van der Waals surface area contributed by atoms with E-state index >= 15 is 0 Å². The summed E-state index contributed by atoms with van der Waals surface area (Å²) in [7, 11) is 0. The number of rotatable bonds is 2. The first kappa shape index (κ1) is 11.6. The highest BCUT2D eigenvalue weighted by Gasteiger charge is 2.16. The molecule has 0 saturated carbocycles. The van der Waals surface area contributed by atoms with Crippen molar-refractivity contribution in [2.75, 3.05) is 13.1 Å². The molecule has 0 bridgehead atoms. The minimum absolute atomic E-state index is 0.112. The fourth-order valence-electron chi connectivity index (χ4n) is 2.23. The molecule has 2 N–H and O–H groups in total. The van der Waals surface area contributed by atoms with Gasteiger partial charge in [-0.15, -0.1) is 0 Å². The topological polar surface area (TPSA) is 29.3 Å². The number of piperidine rings is 1. The fraction of sp³-hybridized carbons (Fsp3) is 0.538. The van der Waals surface area contributed by atoms with Gasteiger partial charge in [0.1, 0.15) is 5.82 Å². The molecular formula is C13H19FN2. The maximum absolute atomic E-state index is 13.4. The molecule has 1 aliphatic heterocycles. The summed E-state index contributed by atoms with van der Waals surface area (Å²) >= 11 is 0. The van der Waals surface area contributed by atoms with Crippen molar-refractivity contribution in [2.45, 2.75) is 32.4 Å². The molecule has 1 atom stereocenters. The predicted octanol–water partition coefficient (Wildman–Crippen LogP) is 2.06. The summed E-state index contributed by atoms with van der Waals surface area (Å²) in [6, 6.07) is 5.76. The predicted molar refractivity (Wildman–Crippen MR) is 63.6 cm³/mol. The Balaban J connectivity index is 2.00. The maximum atomic E-state index is 13.4. The van der Waals surface area contributed by atoms with Crippen molar-refractivity contribution >= 4 is 0 Å². The number of benzene rings is 1. The summed E-state index contributed by atoms with van der Waals surface area (Å²) in [6.45, 7) is 4.60. The van der Waals surface area contributed by atoms with E-state index in [0.717, 1.165) is 38.0 Å². The van der Waals surface area contributed by atoms with Crippen LogP contribution in [-0.4, -0.2) is 24.0 Å². The van der Waals surface area contributed by atoms with Gasteiger partial charge in [-0.2, -0.15) is 0 Å². The van der Waals surface area contributed by atoms with E-state index in [1.54, 1.807) is 13.0 Å². The molecule has 2 rings (SSSR count). The van der Waals surface area contributed by atoms with Crippen molar-refractivity contribution in [3.05, 3.63) is 35.1 Å². The Labute approximate surface area is 96.2 Å². The molecule has 3 heteroatoms. The molecule has 88 valence electrons. The monoisotopic (exact) mass is 222 g/mol. The van der Waals surface area contributed by atoms with Gasteiger partial charge in [0.15, 0.2) is 0 Å². The van der Waals surface area contributed by atoms with Crippen LogP contribution in [0.3, 0.4) is 0 Å². The third kappa shape index (κ3) is 2.80. The zero-order valence-corrected chi connectivity index (χ0v) is 9.75. The second kappa shape index (κ2) is 4.93. The molecule has 0 radical (unpaired) electrons. The van der Waals surface area contributed by atoms with Gasteiger partial charge in [-0.3, -0.25) is 4.90 Å². The maximum Gasteiger partial charge on any atom is 0.126 e. The molecule has 16 heavy (non-hydrogen) atoms. The summed E-state index contributed by atoms with van der Waals surface area (Å²) < 4.78 is 13.4. The Kier molecular flexibility index (Phi) is 3.56. The minimum atomic E-state index is -0.112. The SMILES string of the molecule is Cc1ccc(CN2CCCC(N)C2)cc1F. The molecule has 0 aliphatic carbocycles. The lowest BCUT2D eigenvalue weighted by Crippen LogP contribution is -2.42. The van der Waals surface area contributed by atoms with Gasteiger partial charge in [0.25, 0.3) is 0 Å². The lowest BCUT2D eigenvalue weighted by molar-refractivity contribution is 0.201. The zero-order valence-electron chi connectivity index (χ0n) is 9.75. The van der Waals surface area contributed by atoms with Crippen LogP contribution in [0.5, 0.6) is 0 Å². The van der Waals surface area contributed by atoms with E-state index in [1.165, 1.54) is 0 Å². The summed E-state index contributed by atoms with van der Waals surface area (Å²) in [4.78, 5) is 2.30. The number of hydrogen-bond donors (Lipinski definition) is 1. The van der Waals surface area contributed by atoms with Gasteiger partial charge in [0, 0.05) is 19.1 Å². The van der Waals surface area contributed by atoms with E-state index in [9.17, 15) is 4.39 Å². The first-order valence-corrected chi connectivity index (χ1v) is 5.88. The van der Waals surface area contributed by atoms with Crippen LogP contribution in [0.25, 0.3) is 0 Å². The highest BCUT2D eigenvalue weighted by molar-refractivity contribution is 5.23. The number of likely N-dealkylation sites (tertiary alicyclic amines) is 1. The zero-order chi connectivity index (χ0) is 11.5. The van der Waals surface area contributed by atoms with Crippen LogP contribution < -0.4 is 5.73 Å². The molecule has 1 heterocycles.